The predicted octanol–water partition coefficient (Wildman–Crippen LogP) is 2.84. The van der Waals surface area contributed by atoms with Crippen LogP contribution in [0.15, 0.2) is 36.9 Å². The smallest absolute Gasteiger partial charge is 0.0767 e. The van der Waals surface area contributed by atoms with Crippen LogP contribution in [-0.4, -0.2) is 22.8 Å². The van der Waals surface area contributed by atoms with Crippen molar-refractivity contribution < 1.29 is 5.11 Å². The molecule has 1 aromatic rings. The lowest BCUT2D eigenvalue weighted by atomic mass is 9.85. The van der Waals surface area contributed by atoms with Gasteiger partial charge in [-0.1, -0.05) is 36.9 Å². The molecular formula is C15H23NO. The molecule has 0 saturated carbocycles. The molecule has 0 aliphatic heterocycles. The second-order valence-electron chi connectivity index (χ2n) is 5.51. The molecule has 0 aromatic heterocycles. The van der Waals surface area contributed by atoms with Crippen molar-refractivity contribution >= 4 is 5.57 Å². The van der Waals surface area contributed by atoms with Crippen LogP contribution in [0.3, 0.4) is 0 Å². The van der Waals surface area contributed by atoms with Gasteiger partial charge < -0.3 is 10.4 Å². The Morgan fingerprint density at radius 3 is 2.18 bits per heavy atom. The Kier molecular flexibility index (Phi) is 4.12. The topological polar surface area (TPSA) is 32.3 Å². The van der Waals surface area contributed by atoms with Crippen LogP contribution in [0, 0.1) is 0 Å². The lowest BCUT2D eigenvalue weighted by Gasteiger charge is -2.38. The maximum atomic E-state index is 10.0. The van der Waals surface area contributed by atoms with E-state index in [1.54, 1.807) is 0 Å². The number of rotatable bonds is 5. The van der Waals surface area contributed by atoms with Crippen LogP contribution in [0.4, 0.5) is 0 Å². The first-order valence-corrected chi connectivity index (χ1v) is 5.94. The van der Waals surface area contributed by atoms with E-state index in [1.807, 2.05) is 58.0 Å². The molecule has 1 rings (SSSR count). The third kappa shape index (κ3) is 3.69. The Bertz CT molecular complexity index is 374. The lowest BCUT2D eigenvalue weighted by Crippen LogP contribution is -2.56. The van der Waals surface area contributed by atoms with Crippen LogP contribution < -0.4 is 5.32 Å². The summed E-state index contributed by atoms with van der Waals surface area (Å²) >= 11 is 0. The molecular weight excluding hydrogens is 210 g/mol. The molecule has 2 N–H and O–H groups in total. The largest absolute Gasteiger partial charge is 0.389 e. The van der Waals surface area contributed by atoms with E-state index in [-0.39, 0.29) is 5.54 Å². The molecule has 0 atom stereocenters. The molecule has 0 aliphatic rings. The van der Waals surface area contributed by atoms with Crippen molar-refractivity contribution in [1.82, 2.24) is 5.32 Å². The minimum absolute atomic E-state index is 0.356. The molecule has 17 heavy (non-hydrogen) atoms. The molecule has 0 radical (unpaired) electrons. The first kappa shape index (κ1) is 13.9. The molecule has 0 heterocycles. The molecule has 0 aliphatic carbocycles. The van der Waals surface area contributed by atoms with E-state index in [9.17, 15) is 5.11 Å². The Morgan fingerprint density at radius 2 is 1.71 bits per heavy atom. The van der Waals surface area contributed by atoms with Crippen molar-refractivity contribution in [3.8, 4) is 0 Å². The van der Waals surface area contributed by atoms with E-state index in [1.165, 1.54) is 0 Å². The van der Waals surface area contributed by atoms with Crippen LogP contribution in [0.1, 0.15) is 33.3 Å². The maximum absolute atomic E-state index is 10.0. The van der Waals surface area contributed by atoms with Gasteiger partial charge >= 0.3 is 0 Å². The highest BCUT2D eigenvalue weighted by atomic mass is 16.3. The average molecular weight is 233 g/mol. The van der Waals surface area contributed by atoms with E-state index in [2.05, 4.69) is 11.9 Å². The Morgan fingerprint density at radius 1 is 1.18 bits per heavy atom. The van der Waals surface area contributed by atoms with Gasteiger partial charge in [0.15, 0.2) is 0 Å². The Hall–Kier alpha value is -1.12. The van der Waals surface area contributed by atoms with Crippen molar-refractivity contribution in [2.45, 2.75) is 38.8 Å². The van der Waals surface area contributed by atoms with Gasteiger partial charge in [0.2, 0.25) is 0 Å². The average Bonchev–Trinajstić information content (AvgIpc) is 2.25. The van der Waals surface area contributed by atoms with Gasteiger partial charge in [-0.2, -0.15) is 0 Å². The maximum Gasteiger partial charge on any atom is 0.0767 e. The van der Waals surface area contributed by atoms with Crippen LogP contribution in [0.25, 0.3) is 5.57 Å². The van der Waals surface area contributed by atoms with Crippen molar-refractivity contribution in [2.75, 3.05) is 6.54 Å². The van der Waals surface area contributed by atoms with Gasteiger partial charge in [-0.3, -0.25) is 0 Å². The van der Waals surface area contributed by atoms with E-state index >= 15 is 0 Å². The third-order valence-corrected chi connectivity index (χ3v) is 3.46. The summed E-state index contributed by atoms with van der Waals surface area (Å²) in [6, 6.07) is 10.1. The summed E-state index contributed by atoms with van der Waals surface area (Å²) < 4.78 is 0. The first-order chi connectivity index (χ1) is 7.74. The lowest BCUT2D eigenvalue weighted by molar-refractivity contribution is -0.00244. The van der Waals surface area contributed by atoms with Gasteiger partial charge in [0.25, 0.3) is 0 Å². The quantitative estimate of drug-likeness (QED) is 0.819. The van der Waals surface area contributed by atoms with Gasteiger partial charge in [0, 0.05) is 12.1 Å². The Labute approximate surface area is 104 Å². The van der Waals surface area contributed by atoms with Crippen molar-refractivity contribution in [3.05, 3.63) is 42.5 Å². The fourth-order valence-corrected chi connectivity index (χ4v) is 1.32. The van der Waals surface area contributed by atoms with E-state index in [0.29, 0.717) is 6.54 Å². The first-order valence-electron chi connectivity index (χ1n) is 5.94. The number of benzene rings is 1. The molecule has 0 spiro atoms. The monoisotopic (exact) mass is 233 g/mol. The predicted molar refractivity (Wildman–Crippen MR) is 73.9 cm³/mol. The standard InChI is InChI=1S/C15H23NO/c1-12(13-9-7-6-8-10-13)11-16-14(2,3)15(4,5)17/h6-10,16-17H,1,11H2,2-5H3. The van der Waals surface area contributed by atoms with Crippen LogP contribution in [0.5, 0.6) is 0 Å². The SMILES string of the molecule is C=C(CNC(C)(C)C(C)(C)O)c1ccccc1. The van der Waals surface area contributed by atoms with E-state index in [0.717, 1.165) is 11.1 Å². The fraction of sp³-hybridized carbons (Fsp3) is 0.467. The molecule has 0 unspecified atom stereocenters. The molecule has 0 amide bonds. The summed E-state index contributed by atoms with van der Waals surface area (Å²) in [5.41, 5.74) is 1.03. The molecule has 2 heteroatoms. The van der Waals surface area contributed by atoms with Crippen molar-refractivity contribution in [2.24, 2.45) is 0 Å². The van der Waals surface area contributed by atoms with Gasteiger partial charge in [-0.25, -0.2) is 0 Å². The highest BCUT2D eigenvalue weighted by Crippen LogP contribution is 2.21. The van der Waals surface area contributed by atoms with Crippen molar-refractivity contribution in [3.63, 3.8) is 0 Å². The number of nitrogens with one attached hydrogen (secondary N) is 1. The zero-order valence-corrected chi connectivity index (χ0v) is 11.2. The van der Waals surface area contributed by atoms with Crippen molar-refractivity contribution in [1.29, 1.82) is 0 Å². The highest BCUT2D eigenvalue weighted by Gasteiger charge is 2.34. The molecule has 0 bridgehead atoms. The van der Waals surface area contributed by atoms with E-state index < -0.39 is 5.60 Å². The molecule has 94 valence electrons. The molecule has 1 aromatic carbocycles. The zero-order chi connectivity index (χ0) is 13.1. The summed E-state index contributed by atoms with van der Waals surface area (Å²) in [4.78, 5) is 0. The third-order valence-electron chi connectivity index (χ3n) is 3.46. The van der Waals surface area contributed by atoms with Gasteiger partial charge in [-0.15, -0.1) is 0 Å². The summed E-state index contributed by atoms with van der Waals surface area (Å²) in [7, 11) is 0. The second kappa shape index (κ2) is 5.03. The minimum atomic E-state index is -0.774. The summed E-state index contributed by atoms with van der Waals surface area (Å²) in [5.74, 6) is 0. The summed E-state index contributed by atoms with van der Waals surface area (Å²) in [5, 5.41) is 13.4. The van der Waals surface area contributed by atoms with Crippen LogP contribution in [-0.2, 0) is 0 Å². The molecule has 0 saturated heterocycles. The zero-order valence-electron chi connectivity index (χ0n) is 11.2. The molecule has 2 nitrogen and oxygen atoms in total. The second-order valence-corrected chi connectivity index (χ2v) is 5.51. The molecule has 0 fully saturated rings. The van der Waals surface area contributed by atoms with Gasteiger partial charge in [0.1, 0.15) is 0 Å². The fourth-order valence-electron chi connectivity index (χ4n) is 1.32. The van der Waals surface area contributed by atoms with E-state index in [4.69, 9.17) is 0 Å². The van der Waals surface area contributed by atoms with Crippen LogP contribution in [0.2, 0.25) is 0 Å². The van der Waals surface area contributed by atoms with Gasteiger partial charge in [-0.05, 0) is 38.8 Å². The number of aliphatic hydroxyl groups is 1. The van der Waals surface area contributed by atoms with Crippen LogP contribution >= 0.6 is 0 Å². The number of hydrogen-bond acceptors (Lipinski definition) is 2. The summed E-state index contributed by atoms with van der Waals surface area (Å²) in [6.07, 6.45) is 0. The normalized spacial score (nSPS) is 12.5. The summed E-state index contributed by atoms with van der Waals surface area (Å²) in [6.45, 7) is 12.3. The van der Waals surface area contributed by atoms with Gasteiger partial charge in [0.05, 0.1) is 5.60 Å². The highest BCUT2D eigenvalue weighted by molar-refractivity contribution is 5.64. The Balaban J connectivity index is 2.61. The minimum Gasteiger partial charge on any atom is -0.389 e. The number of hydrogen-bond donors (Lipinski definition) is 2.